The molecule has 0 bridgehead atoms. The molecule has 4 rings (SSSR count). The van der Waals surface area contributed by atoms with Crippen molar-refractivity contribution in [1.29, 1.82) is 0 Å². The predicted octanol–water partition coefficient (Wildman–Crippen LogP) is 3.43. The summed E-state index contributed by atoms with van der Waals surface area (Å²) < 4.78 is 10.9. The van der Waals surface area contributed by atoms with Crippen LogP contribution < -0.4 is 10.4 Å². The average molecular weight is 480 g/mol. The second kappa shape index (κ2) is 9.98. The molecular weight excluding hydrogens is 448 g/mol. The van der Waals surface area contributed by atoms with Crippen molar-refractivity contribution in [2.24, 2.45) is 0 Å². The molecule has 1 fully saturated rings. The van der Waals surface area contributed by atoms with E-state index in [1.54, 1.807) is 20.8 Å². The van der Waals surface area contributed by atoms with E-state index < -0.39 is 29.8 Å². The lowest BCUT2D eigenvalue weighted by molar-refractivity contribution is -0.308. The van der Waals surface area contributed by atoms with Gasteiger partial charge in [-0.05, 0) is 62.3 Å². The Balaban J connectivity index is 1.38. The van der Waals surface area contributed by atoms with Crippen LogP contribution in [-0.4, -0.2) is 53.9 Å². The van der Waals surface area contributed by atoms with E-state index in [9.17, 15) is 19.5 Å². The molecule has 1 saturated heterocycles. The number of carboxylic acid groups (broad SMARTS) is 1. The number of nitrogens with zero attached hydrogens (tertiary/aromatic N) is 1. The quantitative estimate of drug-likeness (QED) is 0.680. The second-order valence-electron chi connectivity index (χ2n) is 10.0. The summed E-state index contributed by atoms with van der Waals surface area (Å²) in [6.07, 6.45) is 0.0524. The minimum Gasteiger partial charge on any atom is -0.548 e. The normalized spacial score (nSPS) is 17.9. The van der Waals surface area contributed by atoms with Crippen molar-refractivity contribution in [2.45, 2.75) is 63.6 Å². The molecule has 1 aliphatic heterocycles. The Bertz CT molecular complexity index is 1060. The summed E-state index contributed by atoms with van der Waals surface area (Å²) in [5.74, 6) is -1.55. The Labute approximate surface area is 205 Å². The van der Waals surface area contributed by atoms with Gasteiger partial charge in [-0.1, -0.05) is 48.5 Å². The molecule has 1 aliphatic carbocycles. The first-order valence-electron chi connectivity index (χ1n) is 12.0. The first kappa shape index (κ1) is 24.6. The fourth-order valence-electron chi connectivity index (χ4n) is 4.91. The summed E-state index contributed by atoms with van der Waals surface area (Å²) >= 11 is 0. The van der Waals surface area contributed by atoms with Gasteiger partial charge < -0.3 is 29.6 Å². The highest BCUT2D eigenvalue weighted by Gasteiger charge is 2.35. The van der Waals surface area contributed by atoms with E-state index in [-0.39, 0.29) is 25.0 Å². The third-order valence-electron chi connectivity index (χ3n) is 6.43. The molecule has 0 radical (unpaired) electrons. The molecule has 1 N–H and O–H groups in total. The summed E-state index contributed by atoms with van der Waals surface area (Å²) in [5.41, 5.74) is 3.69. The highest BCUT2D eigenvalue weighted by atomic mass is 16.6. The molecule has 0 aromatic heterocycles. The maximum absolute atomic E-state index is 12.6. The zero-order valence-electron chi connectivity index (χ0n) is 20.3. The van der Waals surface area contributed by atoms with Gasteiger partial charge in [0.2, 0.25) is 0 Å². The Hall–Kier alpha value is -3.55. The van der Waals surface area contributed by atoms with Gasteiger partial charge in [0.15, 0.2) is 0 Å². The van der Waals surface area contributed by atoms with Crippen molar-refractivity contribution < 1.29 is 29.0 Å². The van der Waals surface area contributed by atoms with Gasteiger partial charge >= 0.3 is 12.2 Å². The zero-order valence-corrected chi connectivity index (χ0v) is 20.3. The van der Waals surface area contributed by atoms with E-state index in [4.69, 9.17) is 9.47 Å². The maximum atomic E-state index is 12.6. The monoisotopic (exact) mass is 479 g/mol. The van der Waals surface area contributed by atoms with Crippen LogP contribution in [0.2, 0.25) is 0 Å². The highest BCUT2D eigenvalue weighted by molar-refractivity contribution is 5.80. The number of carboxylic acids is 1. The van der Waals surface area contributed by atoms with Gasteiger partial charge in [0.05, 0.1) is 12.0 Å². The van der Waals surface area contributed by atoms with E-state index in [1.165, 1.54) is 4.90 Å². The number of nitrogens with one attached hydrogen (secondary N) is 1. The molecule has 2 atom stereocenters. The Morgan fingerprint density at radius 3 is 2.23 bits per heavy atom. The topological polar surface area (TPSA) is 108 Å². The number of amides is 2. The molecule has 186 valence electrons. The number of hydrogen-bond donors (Lipinski definition) is 1. The molecule has 0 unspecified atom stereocenters. The smallest absolute Gasteiger partial charge is 0.410 e. The molecule has 8 heteroatoms. The van der Waals surface area contributed by atoms with Crippen molar-refractivity contribution in [1.82, 2.24) is 10.2 Å². The van der Waals surface area contributed by atoms with E-state index in [1.807, 2.05) is 48.5 Å². The van der Waals surface area contributed by atoms with E-state index >= 15 is 0 Å². The van der Waals surface area contributed by atoms with Crippen LogP contribution in [0, 0.1) is 0 Å². The average Bonchev–Trinajstić information content (AvgIpc) is 3.39. The first-order valence-corrected chi connectivity index (χ1v) is 12.0. The number of alkyl carbamates (subject to hydrolysis) is 1. The Kier molecular flexibility index (Phi) is 7.00. The molecular formula is C27H31N2O6-. The third kappa shape index (κ3) is 5.58. The number of ether oxygens (including phenoxy) is 2. The van der Waals surface area contributed by atoms with Gasteiger partial charge in [0, 0.05) is 18.5 Å². The summed E-state index contributed by atoms with van der Waals surface area (Å²) in [6.45, 7) is 5.88. The molecule has 0 saturated carbocycles. The van der Waals surface area contributed by atoms with Crippen molar-refractivity contribution in [2.75, 3.05) is 13.2 Å². The molecule has 1 heterocycles. The second-order valence-corrected chi connectivity index (χ2v) is 10.0. The summed E-state index contributed by atoms with van der Waals surface area (Å²) in [5, 5.41) is 14.2. The molecule has 8 nitrogen and oxygen atoms in total. The number of benzene rings is 2. The molecule has 2 aromatic carbocycles. The third-order valence-corrected chi connectivity index (χ3v) is 6.43. The van der Waals surface area contributed by atoms with Crippen molar-refractivity contribution in [3.63, 3.8) is 0 Å². The van der Waals surface area contributed by atoms with Gasteiger partial charge in [-0.2, -0.15) is 0 Å². The van der Waals surface area contributed by atoms with E-state index in [2.05, 4.69) is 5.32 Å². The zero-order chi connectivity index (χ0) is 25.2. The number of rotatable bonds is 6. The Morgan fingerprint density at radius 2 is 1.66 bits per heavy atom. The Morgan fingerprint density at radius 1 is 1.06 bits per heavy atom. The molecule has 35 heavy (non-hydrogen) atoms. The van der Waals surface area contributed by atoms with Gasteiger partial charge in [0.25, 0.3) is 0 Å². The lowest BCUT2D eigenvalue weighted by Gasteiger charge is -2.31. The minimum absolute atomic E-state index is 0.0196. The predicted molar refractivity (Wildman–Crippen MR) is 128 cm³/mol. The lowest BCUT2D eigenvalue weighted by atomic mass is 9.98. The molecule has 2 aromatic rings. The highest BCUT2D eigenvalue weighted by Crippen LogP contribution is 2.44. The number of carbonyl (C=O) groups excluding carboxylic acids is 3. The molecule has 2 amide bonds. The van der Waals surface area contributed by atoms with Crippen molar-refractivity contribution in [3.8, 4) is 11.1 Å². The van der Waals surface area contributed by atoms with Gasteiger partial charge in [-0.3, -0.25) is 0 Å². The summed E-state index contributed by atoms with van der Waals surface area (Å²) in [7, 11) is 0. The van der Waals surface area contributed by atoms with Crippen molar-refractivity contribution in [3.05, 3.63) is 59.7 Å². The van der Waals surface area contributed by atoms with Crippen LogP contribution in [0.5, 0.6) is 0 Å². The number of likely N-dealkylation sites (tertiary alicyclic amines) is 1. The summed E-state index contributed by atoms with van der Waals surface area (Å²) in [4.78, 5) is 38.4. The van der Waals surface area contributed by atoms with E-state index in [0.29, 0.717) is 13.0 Å². The lowest BCUT2D eigenvalue weighted by Crippen LogP contribution is -2.51. The molecule has 0 spiro atoms. The number of fused-ring (bicyclic) bond motifs is 3. The van der Waals surface area contributed by atoms with Crippen LogP contribution in [0.15, 0.2) is 48.5 Å². The maximum Gasteiger partial charge on any atom is 0.410 e. The van der Waals surface area contributed by atoms with Crippen LogP contribution in [0.3, 0.4) is 0 Å². The fraction of sp³-hybridized carbons (Fsp3) is 0.444. The molecule has 2 aliphatic rings. The number of hydrogen-bond acceptors (Lipinski definition) is 6. The van der Waals surface area contributed by atoms with Gasteiger partial charge in [-0.25, -0.2) is 9.59 Å². The summed E-state index contributed by atoms with van der Waals surface area (Å²) in [6, 6.07) is 14.3. The largest absolute Gasteiger partial charge is 0.548 e. The van der Waals surface area contributed by atoms with Crippen LogP contribution in [0.25, 0.3) is 11.1 Å². The van der Waals surface area contributed by atoms with Crippen molar-refractivity contribution >= 4 is 18.2 Å². The van der Waals surface area contributed by atoms with Crippen LogP contribution in [0.4, 0.5) is 9.59 Å². The minimum atomic E-state index is -1.42. The fourth-order valence-corrected chi connectivity index (χ4v) is 4.91. The number of aliphatic carboxylic acids is 1. The van der Waals surface area contributed by atoms with E-state index in [0.717, 1.165) is 28.7 Å². The number of carbonyl (C=O) groups is 3. The SMILES string of the molecule is CC(C)(C)OC(=O)N1CCC[C@H]1C[C@H](NC(=O)OCC1c2ccccc2-c2ccccc21)C(=O)[O-]. The van der Waals surface area contributed by atoms with Gasteiger partial charge in [0.1, 0.15) is 12.2 Å². The first-order chi connectivity index (χ1) is 16.6. The standard InChI is InChI=1S/C27H32N2O6/c1-27(2,3)35-26(33)29-14-8-9-17(29)15-23(24(30)31)28-25(32)34-16-22-20-12-6-4-10-18(20)19-11-5-7-13-21(19)22/h4-7,10-13,17,22-23H,8-9,14-16H2,1-3H3,(H,28,32)(H,30,31)/p-1/t17-,23-/m0/s1. The van der Waals surface area contributed by atoms with Crippen LogP contribution >= 0.6 is 0 Å². The van der Waals surface area contributed by atoms with Crippen LogP contribution in [-0.2, 0) is 14.3 Å². The van der Waals surface area contributed by atoms with Crippen LogP contribution in [0.1, 0.15) is 57.1 Å². The van der Waals surface area contributed by atoms with Gasteiger partial charge in [-0.15, -0.1) is 0 Å².